The zero-order valence-electron chi connectivity index (χ0n) is 19.7. The zero-order chi connectivity index (χ0) is 24.5. The van der Waals surface area contributed by atoms with Crippen LogP contribution in [-0.2, 0) is 32.1 Å². The lowest BCUT2D eigenvalue weighted by Crippen LogP contribution is -2.51. The average Bonchev–Trinajstić information content (AvgIpc) is 3.33. The molecule has 182 valence electrons. The summed E-state index contributed by atoms with van der Waals surface area (Å²) in [5, 5.41) is 2.92. The lowest BCUT2D eigenvalue weighted by atomic mass is 10.1. The van der Waals surface area contributed by atoms with Gasteiger partial charge >= 0.3 is 5.97 Å². The standard InChI is InChI=1S/C26H33N3O5/c1-3-33-26(32)18(2)34-21-13-11-20(12-14-21)17-28-24(30)23-10-7-15-29(23)25(31)22(27)16-19-8-5-4-6-9-19/h4-6,8-9,11-14,18,22-23H,3,7,10,15-17,27H2,1-2H3,(H,28,30)/t18?,22-,23-/m0/s1. The third-order valence-electron chi connectivity index (χ3n) is 5.78. The van der Waals surface area contributed by atoms with Gasteiger partial charge in [0.1, 0.15) is 11.8 Å². The Labute approximate surface area is 200 Å². The summed E-state index contributed by atoms with van der Waals surface area (Å²) in [5.41, 5.74) is 8.05. The molecule has 0 radical (unpaired) electrons. The molecule has 1 aliphatic rings. The number of nitrogens with two attached hydrogens (primary N) is 1. The van der Waals surface area contributed by atoms with Gasteiger partial charge in [-0.1, -0.05) is 42.5 Å². The van der Waals surface area contributed by atoms with Gasteiger partial charge in [-0.3, -0.25) is 9.59 Å². The minimum Gasteiger partial charge on any atom is -0.479 e. The Morgan fingerprint density at radius 2 is 1.79 bits per heavy atom. The second kappa shape index (κ2) is 12.2. The quantitative estimate of drug-likeness (QED) is 0.518. The molecular formula is C26H33N3O5. The molecule has 1 saturated heterocycles. The summed E-state index contributed by atoms with van der Waals surface area (Å²) in [6, 6.07) is 15.6. The fourth-order valence-electron chi connectivity index (χ4n) is 3.98. The second-order valence-electron chi connectivity index (χ2n) is 8.36. The maximum Gasteiger partial charge on any atom is 0.347 e. The van der Waals surface area contributed by atoms with E-state index in [4.69, 9.17) is 15.2 Å². The molecule has 34 heavy (non-hydrogen) atoms. The number of rotatable bonds is 10. The van der Waals surface area contributed by atoms with Crippen molar-refractivity contribution in [3.63, 3.8) is 0 Å². The monoisotopic (exact) mass is 467 g/mol. The highest BCUT2D eigenvalue weighted by Crippen LogP contribution is 2.20. The Hall–Kier alpha value is -3.39. The van der Waals surface area contributed by atoms with Gasteiger partial charge in [0, 0.05) is 13.1 Å². The Balaban J connectivity index is 1.50. The summed E-state index contributed by atoms with van der Waals surface area (Å²) in [6.45, 7) is 4.53. The molecule has 1 unspecified atom stereocenters. The van der Waals surface area contributed by atoms with Crippen LogP contribution in [0.4, 0.5) is 0 Å². The van der Waals surface area contributed by atoms with Crippen LogP contribution in [0.1, 0.15) is 37.8 Å². The van der Waals surface area contributed by atoms with Crippen LogP contribution in [0.5, 0.6) is 5.75 Å². The SMILES string of the molecule is CCOC(=O)C(C)Oc1ccc(CNC(=O)[C@@H]2CCCN2C(=O)[C@@H](N)Cc2ccccc2)cc1. The van der Waals surface area contributed by atoms with Crippen LogP contribution in [0, 0.1) is 0 Å². The topological polar surface area (TPSA) is 111 Å². The molecule has 3 rings (SSSR count). The molecule has 2 aromatic rings. The van der Waals surface area contributed by atoms with Crippen LogP contribution in [-0.4, -0.2) is 54.0 Å². The molecule has 3 N–H and O–H groups in total. The van der Waals surface area contributed by atoms with Gasteiger partial charge in [-0.25, -0.2) is 4.79 Å². The minimum atomic E-state index is -0.704. The smallest absolute Gasteiger partial charge is 0.347 e. The van der Waals surface area contributed by atoms with Crippen LogP contribution < -0.4 is 15.8 Å². The molecule has 3 atom stereocenters. The Bertz CT molecular complexity index is 964. The first kappa shape index (κ1) is 25.2. The molecule has 0 saturated carbocycles. The highest BCUT2D eigenvalue weighted by molar-refractivity contribution is 5.90. The molecule has 0 bridgehead atoms. The fraction of sp³-hybridized carbons (Fsp3) is 0.423. The number of esters is 1. The van der Waals surface area contributed by atoms with Gasteiger partial charge in [0.25, 0.3) is 0 Å². The predicted octanol–water partition coefficient (Wildman–Crippen LogP) is 2.19. The van der Waals surface area contributed by atoms with E-state index >= 15 is 0 Å². The molecule has 1 heterocycles. The van der Waals surface area contributed by atoms with Crippen molar-refractivity contribution in [2.45, 2.75) is 57.8 Å². The van der Waals surface area contributed by atoms with Crippen molar-refractivity contribution in [2.24, 2.45) is 5.73 Å². The van der Waals surface area contributed by atoms with E-state index in [-0.39, 0.29) is 11.8 Å². The molecule has 0 aliphatic carbocycles. The second-order valence-corrected chi connectivity index (χ2v) is 8.36. The fourth-order valence-corrected chi connectivity index (χ4v) is 3.98. The van der Waals surface area contributed by atoms with Crippen molar-refractivity contribution < 1.29 is 23.9 Å². The van der Waals surface area contributed by atoms with Gasteiger partial charge in [-0.15, -0.1) is 0 Å². The van der Waals surface area contributed by atoms with Gasteiger partial charge in [0.05, 0.1) is 12.6 Å². The van der Waals surface area contributed by atoms with Gasteiger partial charge in [-0.2, -0.15) is 0 Å². The van der Waals surface area contributed by atoms with E-state index in [9.17, 15) is 14.4 Å². The largest absolute Gasteiger partial charge is 0.479 e. The summed E-state index contributed by atoms with van der Waals surface area (Å²) in [7, 11) is 0. The number of nitrogens with zero attached hydrogens (tertiary/aromatic N) is 1. The summed E-state index contributed by atoms with van der Waals surface area (Å²) in [6.07, 6.45) is 1.12. The first-order valence-electron chi connectivity index (χ1n) is 11.7. The number of hydrogen-bond acceptors (Lipinski definition) is 6. The predicted molar refractivity (Wildman–Crippen MR) is 128 cm³/mol. The molecule has 2 amide bonds. The van der Waals surface area contributed by atoms with Gasteiger partial charge < -0.3 is 25.4 Å². The van der Waals surface area contributed by atoms with E-state index in [1.807, 2.05) is 42.5 Å². The summed E-state index contributed by atoms with van der Waals surface area (Å²) < 4.78 is 10.5. The summed E-state index contributed by atoms with van der Waals surface area (Å²) in [5.74, 6) is -0.263. The van der Waals surface area contributed by atoms with E-state index < -0.39 is 24.2 Å². The molecule has 8 heteroatoms. The van der Waals surface area contributed by atoms with Crippen molar-refractivity contribution in [1.29, 1.82) is 0 Å². The maximum atomic E-state index is 12.9. The lowest BCUT2D eigenvalue weighted by Gasteiger charge is -2.26. The van der Waals surface area contributed by atoms with Crippen LogP contribution in [0.2, 0.25) is 0 Å². The number of hydrogen-bond donors (Lipinski definition) is 2. The van der Waals surface area contributed by atoms with Crippen molar-refractivity contribution in [1.82, 2.24) is 10.2 Å². The third-order valence-corrected chi connectivity index (χ3v) is 5.78. The van der Waals surface area contributed by atoms with Crippen LogP contribution >= 0.6 is 0 Å². The Morgan fingerprint density at radius 3 is 2.47 bits per heavy atom. The van der Waals surface area contributed by atoms with Crippen LogP contribution in [0.25, 0.3) is 0 Å². The molecule has 1 aliphatic heterocycles. The maximum absolute atomic E-state index is 12.9. The van der Waals surface area contributed by atoms with Crippen LogP contribution in [0.3, 0.4) is 0 Å². The van der Waals surface area contributed by atoms with Crippen molar-refractivity contribution >= 4 is 17.8 Å². The summed E-state index contributed by atoms with van der Waals surface area (Å²) in [4.78, 5) is 39.1. The van der Waals surface area contributed by atoms with Gasteiger partial charge in [0.2, 0.25) is 11.8 Å². The van der Waals surface area contributed by atoms with Crippen molar-refractivity contribution in [3.05, 3.63) is 65.7 Å². The molecule has 2 aromatic carbocycles. The number of ether oxygens (including phenoxy) is 2. The first-order chi connectivity index (χ1) is 16.4. The van der Waals surface area contributed by atoms with E-state index in [0.29, 0.717) is 38.3 Å². The first-order valence-corrected chi connectivity index (χ1v) is 11.7. The number of carbonyl (C=O) groups is 3. The average molecular weight is 468 g/mol. The van der Waals surface area contributed by atoms with E-state index in [1.165, 1.54) is 0 Å². The molecule has 0 spiro atoms. The number of nitrogens with one attached hydrogen (secondary N) is 1. The normalized spacial score (nSPS) is 17.0. The molecule has 8 nitrogen and oxygen atoms in total. The lowest BCUT2D eigenvalue weighted by molar-refractivity contribution is -0.150. The number of carbonyl (C=O) groups excluding carboxylic acids is 3. The Kier molecular flexibility index (Phi) is 9.04. The van der Waals surface area contributed by atoms with E-state index in [0.717, 1.165) is 17.5 Å². The molecular weight excluding hydrogens is 434 g/mol. The molecule has 1 fully saturated rings. The molecule has 0 aromatic heterocycles. The number of benzene rings is 2. The minimum absolute atomic E-state index is 0.186. The summed E-state index contributed by atoms with van der Waals surface area (Å²) >= 11 is 0. The zero-order valence-corrected chi connectivity index (χ0v) is 19.7. The number of likely N-dealkylation sites (tertiary alicyclic amines) is 1. The van der Waals surface area contributed by atoms with Gasteiger partial charge in [-0.05, 0) is 56.4 Å². The highest BCUT2D eigenvalue weighted by atomic mass is 16.6. The number of amides is 2. The van der Waals surface area contributed by atoms with Crippen molar-refractivity contribution in [2.75, 3.05) is 13.2 Å². The van der Waals surface area contributed by atoms with E-state index in [1.54, 1.807) is 30.9 Å². The third kappa shape index (κ3) is 6.81. The highest BCUT2D eigenvalue weighted by Gasteiger charge is 2.36. The van der Waals surface area contributed by atoms with Crippen molar-refractivity contribution in [3.8, 4) is 5.75 Å². The van der Waals surface area contributed by atoms with Gasteiger partial charge in [0.15, 0.2) is 6.10 Å². The Morgan fingerprint density at radius 1 is 1.09 bits per heavy atom. The van der Waals surface area contributed by atoms with E-state index in [2.05, 4.69) is 5.32 Å². The van der Waals surface area contributed by atoms with Crippen LogP contribution in [0.15, 0.2) is 54.6 Å².